The molecule has 0 amide bonds. The highest BCUT2D eigenvalue weighted by molar-refractivity contribution is 14.1. The number of aryl methyl sites for hydroxylation is 1. The van der Waals surface area contributed by atoms with Gasteiger partial charge in [0.2, 0.25) is 0 Å². The first kappa shape index (κ1) is 15.0. The molecule has 0 saturated carbocycles. The van der Waals surface area contributed by atoms with E-state index >= 15 is 0 Å². The fourth-order valence-corrected chi connectivity index (χ4v) is 2.30. The molecule has 4 nitrogen and oxygen atoms in total. The van der Waals surface area contributed by atoms with Gasteiger partial charge < -0.3 is 10.1 Å². The summed E-state index contributed by atoms with van der Waals surface area (Å²) in [5.41, 5.74) is 1.95. The number of anilines is 1. The third kappa shape index (κ3) is 3.39. The number of halogens is 1. The van der Waals surface area contributed by atoms with Crippen molar-refractivity contribution in [2.45, 2.75) is 20.8 Å². The predicted octanol–water partition coefficient (Wildman–Crippen LogP) is 3.89. The Labute approximate surface area is 133 Å². The van der Waals surface area contributed by atoms with Gasteiger partial charge in [0.25, 0.3) is 0 Å². The van der Waals surface area contributed by atoms with E-state index in [-0.39, 0.29) is 0 Å². The van der Waals surface area contributed by atoms with Crippen molar-refractivity contribution >= 4 is 28.4 Å². The highest BCUT2D eigenvalue weighted by Gasteiger charge is 2.10. The van der Waals surface area contributed by atoms with E-state index in [2.05, 4.69) is 44.8 Å². The van der Waals surface area contributed by atoms with E-state index in [1.807, 2.05) is 38.1 Å². The topological polar surface area (TPSA) is 47.0 Å². The standard InChI is InChI=1S/C15H18IN3O/c1-4-17-15-13(16)10(3)18-14(19-15)11-7-6-8-12(9-11)20-5-2/h6-9H,4-5H2,1-3H3,(H,17,18,19). The molecule has 1 aromatic heterocycles. The van der Waals surface area contributed by atoms with Crippen LogP contribution in [-0.4, -0.2) is 23.1 Å². The molecule has 1 aromatic carbocycles. The van der Waals surface area contributed by atoms with Crippen molar-refractivity contribution in [3.63, 3.8) is 0 Å². The van der Waals surface area contributed by atoms with Crippen LogP contribution in [0.15, 0.2) is 24.3 Å². The van der Waals surface area contributed by atoms with Gasteiger partial charge in [-0.15, -0.1) is 0 Å². The highest BCUT2D eigenvalue weighted by atomic mass is 127. The minimum Gasteiger partial charge on any atom is -0.494 e. The fraction of sp³-hybridized carbons (Fsp3) is 0.333. The van der Waals surface area contributed by atoms with Crippen LogP contribution in [0.2, 0.25) is 0 Å². The van der Waals surface area contributed by atoms with E-state index in [9.17, 15) is 0 Å². The molecule has 0 atom stereocenters. The normalized spacial score (nSPS) is 10.4. The summed E-state index contributed by atoms with van der Waals surface area (Å²) in [5, 5.41) is 3.28. The second kappa shape index (κ2) is 6.88. The van der Waals surface area contributed by atoms with Crippen molar-refractivity contribution in [1.29, 1.82) is 0 Å². The molecule has 2 rings (SSSR count). The maximum Gasteiger partial charge on any atom is 0.161 e. The molecule has 1 heterocycles. The number of hydrogen-bond acceptors (Lipinski definition) is 4. The molecule has 0 aliphatic heterocycles. The fourth-order valence-electron chi connectivity index (χ4n) is 1.86. The van der Waals surface area contributed by atoms with E-state index < -0.39 is 0 Å². The molecular weight excluding hydrogens is 365 g/mol. The Bertz CT molecular complexity index is 602. The van der Waals surface area contributed by atoms with Crippen molar-refractivity contribution in [3.8, 4) is 17.1 Å². The number of nitrogens with zero attached hydrogens (tertiary/aromatic N) is 2. The minimum absolute atomic E-state index is 0.651. The van der Waals surface area contributed by atoms with Crippen molar-refractivity contribution in [2.24, 2.45) is 0 Å². The Morgan fingerprint density at radius 1 is 1.25 bits per heavy atom. The summed E-state index contributed by atoms with van der Waals surface area (Å²) >= 11 is 2.27. The summed E-state index contributed by atoms with van der Waals surface area (Å²) < 4.78 is 6.59. The third-order valence-electron chi connectivity index (χ3n) is 2.76. The van der Waals surface area contributed by atoms with Gasteiger partial charge in [-0.3, -0.25) is 0 Å². The summed E-state index contributed by atoms with van der Waals surface area (Å²) in [5.74, 6) is 2.45. The molecule has 20 heavy (non-hydrogen) atoms. The Kier molecular flexibility index (Phi) is 5.17. The number of benzene rings is 1. The first-order chi connectivity index (χ1) is 9.65. The maximum absolute atomic E-state index is 5.53. The molecule has 0 bridgehead atoms. The summed E-state index contributed by atoms with van der Waals surface area (Å²) in [6.07, 6.45) is 0. The monoisotopic (exact) mass is 383 g/mol. The molecular formula is C15H18IN3O. The van der Waals surface area contributed by atoms with Crippen LogP contribution in [0, 0.1) is 10.5 Å². The molecule has 2 aromatic rings. The summed E-state index contributed by atoms with van der Waals surface area (Å²) in [6, 6.07) is 7.88. The molecule has 5 heteroatoms. The van der Waals surface area contributed by atoms with E-state index in [1.54, 1.807) is 0 Å². The van der Waals surface area contributed by atoms with Crippen LogP contribution < -0.4 is 10.1 Å². The first-order valence-electron chi connectivity index (χ1n) is 6.67. The average molecular weight is 383 g/mol. The molecule has 106 valence electrons. The van der Waals surface area contributed by atoms with Crippen LogP contribution in [-0.2, 0) is 0 Å². The van der Waals surface area contributed by atoms with Gasteiger partial charge in [0.1, 0.15) is 11.6 Å². The Morgan fingerprint density at radius 2 is 2.05 bits per heavy atom. The van der Waals surface area contributed by atoms with Gasteiger partial charge in [-0.2, -0.15) is 0 Å². The van der Waals surface area contributed by atoms with Crippen LogP contribution in [0.1, 0.15) is 19.5 Å². The van der Waals surface area contributed by atoms with E-state index in [0.717, 1.165) is 38.8 Å². The average Bonchev–Trinajstić information content (AvgIpc) is 2.44. The number of nitrogens with one attached hydrogen (secondary N) is 1. The van der Waals surface area contributed by atoms with Gasteiger partial charge in [0.05, 0.1) is 15.9 Å². The smallest absolute Gasteiger partial charge is 0.161 e. The Morgan fingerprint density at radius 3 is 2.75 bits per heavy atom. The van der Waals surface area contributed by atoms with Gasteiger partial charge >= 0.3 is 0 Å². The van der Waals surface area contributed by atoms with Crippen LogP contribution in [0.25, 0.3) is 11.4 Å². The lowest BCUT2D eigenvalue weighted by Crippen LogP contribution is -2.06. The second-order valence-electron chi connectivity index (χ2n) is 4.29. The van der Waals surface area contributed by atoms with E-state index in [0.29, 0.717) is 6.61 Å². The van der Waals surface area contributed by atoms with Gasteiger partial charge in [0, 0.05) is 12.1 Å². The summed E-state index contributed by atoms with van der Waals surface area (Å²) in [6.45, 7) is 7.52. The van der Waals surface area contributed by atoms with Crippen molar-refractivity contribution in [3.05, 3.63) is 33.5 Å². The zero-order valence-electron chi connectivity index (χ0n) is 11.9. The predicted molar refractivity (Wildman–Crippen MR) is 90.3 cm³/mol. The summed E-state index contributed by atoms with van der Waals surface area (Å²) in [7, 11) is 0. The van der Waals surface area contributed by atoms with Gasteiger partial charge in [-0.05, 0) is 55.5 Å². The van der Waals surface area contributed by atoms with E-state index in [1.165, 1.54) is 0 Å². The maximum atomic E-state index is 5.53. The SMILES string of the molecule is CCNc1nc(-c2cccc(OCC)c2)nc(C)c1I. The lowest BCUT2D eigenvalue weighted by atomic mass is 10.2. The number of ether oxygens (including phenoxy) is 1. The zero-order chi connectivity index (χ0) is 14.5. The minimum atomic E-state index is 0.651. The lowest BCUT2D eigenvalue weighted by Gasteiger charge is -2.11. The van der Waals surface area contributed by atoms with Gasteiger partial charge in [0.15, 0.2) is 5.82 Å². The number of rotatable bonds is 5. The largest absolute Gasteiger partial charge is 0.494 e. The molecule has 0 saturated heterocycles. The Hall–Kier alpha value is -1.37. The van der Waals surface area contributed by atoms with Crippen LogP contribution in [0.5, 0.6) is 5.75 Å². The van der Waals surface area contributed by atoms with Gasteiger partial charge in [-0.1, -0.05) is 12.1 Å². The zero-order valence-corrected chi connectivity index (χ0v) is 14.1. The second-order valence-corrected chi connectivity index (χ2v) is 5.37. The van der Waals surface area contributed by atoms with E-state index in [4.69, 9.17) is 4.74 Å². The van der Waals surface area contributed by atoms with Gasteiger partial charge in [-0.25, -0.2) is 9.97 Å². The molecule has 0 aliphatic carbocycles. The van der Waals surface area contributed by atoms with Crippen LogP contribution >= 0.6 is 22.6 Å². The van der Waals surface area contributed by atoms with Crippen LogP contribution in [0.4, 0.5) is 5.82 Å². The molecule has 0 unspecified atom stereocenters. The molecule has 0 radical (unpaired) electrons. The van der Waals surface area contributed by atoms with Crippen molar-refractivity contribution < 1.29 is 4.74 Å². The number of aromatic nitrogens is 2. The molecule has 0 aliphatic rings. The number of hydrogen-bond donors (Lipinski definition) is 1. The summed E-state index contributed by atoms with van der Waals surface area (Å²) in [4.78, 5) is 9.18. The lowest BCUT2D eigenvalue weighted by molar-refractivity contribution is 0.340. The van der Waals surface area contributed by atoms with Crippen molar-refractivity contribution in [1.82, 2.24) is 9.97 Å². The molecule has 1 N–H and O–H groups in total. The quantitative estimate of drug-likeness (QED) is 0.796. The Balaban J connectivity index is 2.44. The third-order valence-corrected chi connectivity index (χ3v) is 4.06. The van der Waals surface area contributed by atoms with Crippen LogP contribution in [0.3, 0.4) is 0 Å². The highest BCUT2D eigenvalue weighted by Crippen LogP contribution is 2.25. The molecule has 0 fully saturated rings. The van der Waals surface area contributed by atoms with Crippen molar-refractivity contribution in [2.75, 3.05) is 18.5 Å². The molecule has 0 spiro atoms. The first-order valence-corrected chi connectivity index (χ1v) is 7.74.